The number of benzene rings is 1. The predicted molar refractivity (Wildman–Crippen MR) is 117 cm³/mol. The number of nitrogens with zero attached hydrogens (tertiary/aromatic N) is 3. The number of methoxy groups -OCH3 is 1. The summed E-state index contributed by atoms with van der Waals surface area (Å²) in [4.78, 5) is 33.7. The Morgan fingerprint density at radius 3 is 2.58 bits per heavy atom. The summed E-state index contributed by atoms with van der Waals surface area (Å²) in [7, 11) is 1.58. The minimum Gasteiger partial charge on any atom is -0.383 e. The topological polar surface area (TPSA) is 97.6 Å². The molecule has 156 valence electrons. The Kier molecular flexibility index (Phi) is 6.00. The Labute approximate surface area is 178 Å². The molecule has 0 atom stereocenters. The van der Waals surface area contributed by atoms with Crippen LogP contribution in [0, 0.1) is 0 Å². The molecule has 0 aliphatic carbocycles. The van der Waals surface area contributed by atoms with Crippen LogP contribution in [-0.2, 0) is 4.74 Å². The monoisotopic (exact) mass is 415 g/mol. The van der Waals surface area contributed by atoms with Crippen molar-refractivity contribution in [1.82, 2.24) is 19.7 Å². The molecule has 3 aromatic heterocycles. The number of carbonyl (C=O) groups excluding carboxylic acids is 2. The summed E-state index contributed by atoms with van der Waals surface area (Å²) in [6.07, 6.45) is 4.96. The SMILES string of the molecule is COCCNC(=O)c1ccc(-c2nc3ccccn3c2NC(=O)c2cccnc2)cc1. The quantitative estimate of drug-likeness (QED) is 0.452. The number of fused-ring (bicyclic) bond motifs is 1. The van der Waals surface area contributed by atoms with E-state index in [1.807, 2.05) is 40.9 Å². The minimum atomic E-state index is -0.283. The van der Waals surface area contributed by atoms with E-state index in [9.17, 15) is 9.59 Å². The number of carbonyl (C=O) groups is 2. The van der Waals surface area contributed by atoms with Gasteiger partial charge in [-0.05, 0) is 36.4 Å². The van der Waals surface area contributed by atoms with Gasteiger partial charge in [-0.3, -0.25) is 19.0 Å². The van der Waals surface area contributed by atoms with Crippen molar-refractivity contribution < 1.29 is 14.3 Å². The van der Waals surface area contributed by atoms with E-state index in [1.54, 1.807) is 37.6 Å². The van der Waals surface area contributed by atoms with Crippen LogP contribution >= 0.6 is 0 Å². The lowest BCUT2D eigenvalue weighted by atomic mass is 10.1. The van der Waals surface area contributed by atoms with E-state index in [4.69, 9.17) is 4.74 Å². The van der Waals surface area contributed by atoms with Crippen molar-refractivity contribution in [2.75, 3.05) is 25.6 Å². The van der Waals surface area contributed by atoms with Gasteiger partial charge in [0.2, 0.25) is 0 Å². The first kappa shape index (κ1) is 20.2. The standard InChI is InChI=1S/C23H21N5O3/c1-31-14-12-25-22(29)17-9-7-16(8-10-17)20-21(28-13-3-2-6-19(28)26-20)27-23(30)18-5-4-11-24-15-18/h2-11,13,15H,12,14H2,1H3,(H,25,29)(H,27,30). The zero-order chi connectivity index (χ0) is 21.6. The molecule has 0 fully saturated rings. The third-order valence-electron chi connectivity index (χ3n) is 4.70. The zero-order valence-corrected chi connectivity index (χ0v) is 16.9. The van der Waals surface area contributed by atoms with Gasteiger partial charge in [0.25, 0.3) is 11.8 Å². The number of hydrogen-bond donors (Lipinski definition) is 2. The fourth-order valence-electron chi connectivity index (χ4n) is 3.14. The average molecular weight is 415 g/mol. The molecule has 2 N–H and O–H groups in total. The van der Waals surface area contributed by atoms with Crippen LogP contribution in [0.25, 0.3) is 16.9 Å². The third-order valence-corrected chi connectivity index (χ3v) is 4.70. The number of pyridine rings is 2. The van der Waals surface area contributed by atoms with Crippen molar-refractivity contribution >= 4 is 23.3 Å². The van der Waals surface area contributed by atoms with Crippen LogP contribution in [0.2, 0.25) is 0 Å². The van der Waals surface area contributed by atoms with Crippen LogP contribution in [0.5, 0.6) is 0 Å². The van der Waals surface area contributed by atoms with Crippen molar-refractivity contribution in [2.45, 2.75) is 0 Å². The van der Waals surface area contributed by atoms with Crippen LogP contribution in [-0.4, -0.2) is 46.4 Å². The lowest BCUT2D eigenvalue weighted by molar-refractivity contribution is 0.0936. The third kappa shape index (κ3) is 4.44. The molecule has 0 saturated carbocycles. The van der Waals surface area contributed by atoms with Crippen molar-refractivity contribution in [2.24, 2.45) is 0 Å². The number of anilines is 1. The molecule has 0 saturated heterocycles. The van der Waals surface area contributed by atoms with E-state index in [-0.39, 0.29) is 11.8 Å². The summed E-state index contributed by atoms with van der Waals surface area (Å²) in [6.45, 7) is 0.888. The van der Waals surface area contributed by atoms with Crippen molar-refractivity contribution in [1.29, 1.82) is 0 Å². The molecular weight excluding hydrogens is 394 g/mol. The van der Waals surface area contributed by atoms with Gasteiger partial charge in [0.1, 0.15) is 17.2 Å². The zero-order valence-electron chi connectivity index (χ0n) is 16.9. The van der Waals surface area contributed by atoms with Gasteiger partial charge in [-0.1, -0.05) is 18.2 Å². The van der Waals surface area contributed by atoms with Gasteiger partial charge in [0.05, 0.1) is 12.2 Å². The molecule has 0 bridgehead atoms. The summed E-state index contributed by atoms with van der Waals surface area (Å²) in [6, 6.07) is 16.1. The predicted octanol–water partition coefficient (Wildman–Crippen LogP) is 3.02. The molecular formula is C23H21N5O3. The Morgan fingerprint density at radius 2 is 1.84 bits per heavy atom. The Balaban J connectivity index is 1.65. The molecule has 3 heterocycles. The molecule has 0 aliphatic rings. The molecule has 1 aromatic carbocycles. The van der Waals surface area contributed by atoms with Crippen molar-refractivity contribution in [3.8, 4) is 11.3 Å². The highest BCUT2D eigenvalue weighted by molar-refractivity contribution is 6.05. The number of amides is 2. The van der Waals surface area contributed by atoms with Crippen LogP contribution in [0.1, 0.15) is 20.7 Å². The van der Waals surface area contributed by atoms with Gasteiger partial charge in [-0.25, -0.2) is 4.98 Å². The minimum absolute atomic E-state index is 0.177. The number of hydrogen-bond acceptors (Lipinski definition) is 5. The van der Waals surface area contributed by atoms with Gasteiger partial charge < -0.3 is 15.4 Å². The van der Waals surface area contributed by atoms with E-state index in [2.05, 4.69) is 20.6 Å². The summed E-state index contributed by atoms with van der Waals surface area (Å²) >= 11 is 0. The van der Waals surface area contributed by atoms with Crippen molar-refractivity contribution in [3.05, 3.63) is 84.3 Å². The van der Waals surface area contributed by atoms with Crippen LogP contribution in [0.15, 0.2) is 73.2 Å². The van der Waals surface area contributed by atoms with Gasteiger partial charge >= 0.3 is 0 Å². The number of rotatable bonds is 7. The van der Waals surface area contributed by atoms with Gasteiger partial charge in [0, 0.05) is 43.4 Å². The fourth-order valence-corrected chi connectivity index (χ4v) is 3.14. The number of aromatic nitrogens is 3. The van der Waals surface area contributed by atoms with Crippen LogP contribution < -0.4 is 10.6 Å². The Bertz CT molecular complexity index is 1200. The van der Waals surface area contributed by atoms with E-state index in [1.165, 1.54) is 6.20 Å². The molecule has 0 spiro atoms. The van der Waals surface area contributed by atoms with Gasteiger partial charge in [0.15, 0.2) is 0 Å². The van der Waals surface area contributed by atoms with E-state index < -0.39 is 0 Å². The molecule has 4 aromatic rings. The fraction of sp³-hybridized carbons (Fsp3) is 0.130. The molecule has 0 unspecified atom stereocenters. The van der Waals surface area contributed by atoms with Crippen molar-refractivity contribution in [3.63, 3.8) is 0 Å². The van der Waals surface area contributed by atoms with E-state index in [0.29, 0.717) is 41.4 Å². The lowest BCUT2D eigenvalue weighted by Crippen LogP contribution is -2.26. The molecule has 0 aliphatic heterocycles. The van der Waals surface area contributed by atoms with Crippen LogP contribution in [0.3, 0.4) is 0 Å². The largest absolute Gasteiger partial charge is 0.383 e. The summed E-state index contributed by atoms with van der Waals surface area (Å²) < 4.78 is 6.76. The lowest BCUT2D eigenvalue weighted by Gasteiger charge is -2.09. The summed E-state index contributed by atoms with van der Waals surface area (Å²) in [5, 5.41) is 5.74. The summed E-state index contributed by atoms with van der Waals surface area (Å²) in [5.41, 5.74) is 3.06. The number of nitrogens with one attached hydrogen (secondary N) is 2. The first-order chi connectivity index (χ1) is 15.2. The smallest absolute Gasteiger partial charge is 0.258 e. The first-order valence-electron chi connectivity index (χ1n) is 9.73. The molecule has 0 radical (unpaired) electrons. The maximum atomic E-state index is 12.8. The highest BCUT2D eigenvalue weighted by Gasteiger charge is 2.17. The van der Waals surface area contributed by atoms with Gasteiger partial charge in [-0.15, -0.1) is 0 Å². The molecule has 8 heteroatoms. The maximum Gasteiger partial charge on any atom is 0.258 e. The number of imidazole rings is 1. The normalized spacial score (nSPS) is 10.7. The van der Waals surface area contributed by atoms with E-state index in [0.717, 1.165) is 5.56 Å². The molecule has 31 heavy (non-hydrogen) atoms. The molecule has 2 amide bonds. The summed E-state index contributed by atoms with van der Waals surface area (Å²) in [5.74, 6) is 0.0830. The maximum absolute atomic E-state index is 12.8. The molecule has 8 nitrogen and oxygen atoms in total. The van der Waals surface area contributed by atoms with Crippen LogP contribution in [0.4, 0.5) is 5.82 Å². The number of ether oxygens (including phenoxy) is 1. The Hall–Kier alpha value is -4.04. The first-order valence-corrected chi connectivity index (χ1v) is 9.73. The average Bonchev–Trinajstić information content (AvgIpc) is 3.18. The second kappa shape index (κ2) is 9.19. The second-order valence-electron chi connectivity index (χ2n) is 6.76. The molecule has 4 rings (SSSR count). The van der Waals surface area contributed by atoms with Gasteiger partial charge in [-0.2, -0.15) is 0 Å². The highest BCUT2D eigenvalue weighted by atomic mass is 16.5. The second-order valence-corrected chi connectivity index (χ2v) is 6.76. The van der Waals surface area contributed by atoms with E-state index >= 15 is 0 Å². The highest BCUT2D eigenvalue weighted by Crippen LogP contribution is 2.29. The Morgan fingerprint density at radius 1 is 1.00 bits per heavy atom.